The van der Waals surface area contributed by atoms with E-state index in [9.17, 15) is 14.4 Å². The van der Waals surface area contributed by atoms with Crippen LogP contribution in [0.25, 0.3) is 11.2 Å². The second kappa shape index (κ2) is 6.68. The third-order valence-electron chi connectivity index (χ3n) is 3.77. The summed E-state index contributed by atoms with van der Waals surface area (Å²) in [4.78, 5) is 40.6. The fourth-order valence-electron chi connectivity index (χ4n) is 2.22. The highest BCUT2D eigenvalue weighted by molar-refractivity contribution is 8.01. The number of nitrogens with one attached hydrogen (secondary N) is 1. The number of rotatable bonds is 4. The Morgan fingerprint density at radius 2 is 1.81 bits per heavy atom. The van der Waals surface area contributed by atoms with E-state index < -0.39 is 11.2 Å². The molecule has 1 N–H and O–H groups in total. The summed E-state index contributed by atoms with van der Waals surface area (Å²) in [6.07, 6.45) is 0. The number of aryl methyl sites for hydroxylation is 2. The maximum Gasteiger partial charge on any atom is 0.332 e. The summed E-state index contributed by atoms with van der Waals surface area (Å²) >= 11 is 2.42. The van der Waals surface area contributed by atoms with E-state index in [4.69, 9.17) is 0 Å². The number of hydrogen-bond acceptors (Lipinski definition) is 8. The van der Waals surface area contributed by atoms with Crippen LogP contribution in [-0.2, 0) is 25.9 Å². The minimum absolute atomic E-state index is 0.140. The predicted octanol–water partition coefficient (Wildman–Crippen LogP) is 0.568. The fourth-order valence-corrected chi connectivity index (χ4v) is 3.92. The lowest BCUT2D eigenvalue weighted by molar-refractivity contribution is -0.118. The van der Waals surface area contributed by atoms with Crippen LogP contribution in [0.5, 0.6) is 0 Å². The molecule has 0 aliphatic carbocycles. The van der Waals surface area contributed by atoms with Crippen molar-refractivity contribution in [3.8, 4) is 0 Å². The van der Waals surface area contributed by atoms with E-state index in [0.29, 0.717) is 25.8 Å². The highest BCUT2D eigenvalue weighted by Crippen LogP contribution is 2.32. The molecule has 138 valence electrons. The summed E-state index contributed by atoms with van der Waals surface area (Å²) in [6.45, 7) is 3.58. The first kappa shape index (κ1) is 18.3. The molecule has 3 rings (SSSR count). The highest BCUT2D eigenvalue weighted by Gasteiger charge is 2.19. The Balaban J connectivity index is 1.97. The number of carbonyl (C=O) groups is 1. The minimum Gasteiger partial charge on any atom is -0.316 e. The number of aromatic nitrogens is 6. The van der Waals surface area contributed by atoms with Gasteiger partial charge in [0.05, 0.1) is 0 Å². The van der Waals surface area contributed by atoms with Crippen molar-refractivity contribution in [1.82, 2.24) is 28.9 Å². The van der Waals surface area contributed by atoms with Crippen molar-refractivity contribution in [3.63, 3.8) is 0 Å². The number of imidazole rings is 1. The van der Waals surface area contributed by atoms with Gasteiger partial charge < -0.3 is 9.88 Å². The van der Waals surface area contributed by atoms with E-state index in [1.54, 1.807) is 32.5 Å². The molecular formula is C14H17N7O3S2. The smallest absolute Gasteiger partial charge is 0.316 e. The molecule has 0 saturated carbocycles. The van der Waals surface area contributed by atoms with Crippen LogP contribution in [-0.4, -0.2) is 34.8 Å². The molecule has 0 fully saturated rings. The molecule has 0 aliphatic rings. The number of anilines is 1. The van der Waals surface area contributed by atoms with Gasteiger partial charge in [-0.2, -0.15) is 0 Å². The molecule has 0 saturated heterocycles. The van der Waals surface area contributed by atoms with Gasteiger partial charge in [0, 0.05) is 27.1 Å². The molecule has 3 aromatic rings. The Labute approximate surface area is 155 Å². The molecule has 3 heterocycles. The van der Waals surface area contributed by atoms with Crippen molar-refractivity contribution in [2.24, 2.45) is 27.1 Å². The minimum atomic E-state index is -0.438. The number of fused-ring (bicyclic) bond motifs is 1. The van der Waals surface area contributed by atoms with Gasteiger partial charge in [-0.05, 0) is 11.8 Å². The second-order valence-corrected chi connectivity index (χ2v) is 8.14. The van der Waals surface area contributed by atoms with Crippen LogP contribution in [0.4, 0.5) is 5.13 Å². The van der Waals surface area contributed by atoms with E-state index in [0.717, 1.165) is 4.57 Å². The standard InChI is InChI=1S/C14H17N7O3S2/c1-6(2)9(22)16-11-17-18-13(25-11)26-12-15-8-7(19(12)3)10(23)21(5)14(24)20(8)4/h6H,1-5H3,(H,16,17,22). The van der Waals surface area contributed by atoms with Gasteiger partial charge in [0.2, 0.25) is 11.0 Å². The first-order chi connectivity index (χ1) is 12.2. The number of carbonyl (C=O) groups excluding carboxylic acids is 1. The van der Waals surface area contributed by atoms with Crippen molar-refractivity contribution < 1.29 is 4.79 Å². The molecule has 12 heteroatoms. The van der Waals surface area contributed by atoms with E-state index >= 15 is 0 Å². The number of nitrogens with zero attached hydrogens (tertiary/aromatic N) is 6. The molecule has 26 heavy (non-hydrogen) atoms. The fraction of sp³-hybridized carbons (Fsp3) is 0.429. The van der Waals surface area contributed by atoms with Gasteiger partial charge >= 0.3 is 5.69 Å². The SMILES string of the molecule is CC(C)C(=O)Nc1nnc(Sc2nc3c(c(=O)n(C)c(=O)n3C)n2C)s1. The maximum absolute atomic E-state index is 12.4. The predicted molar refractivity (Wildman–Crippen MR) is 98.7 cm³/mol. The molecule has 1 amide bonds. The molecule has 0 aromatic carbocycles. The zero-order valence-electron chi connectivity index (χ0n) is 14.8. The van der Waals surface area contributed by atoms with E-state index in [1.807, 2.05) is 0 Å². The van der Waals surface area contributed by atoms with Gasteiger partial charge in [0.25, 0.3) is 5.56 Å². The normalized spacial score (nSPS) is 11.5. The zero-order valence-corrected chi connectivity index (χ0v) is 16.4. The van der Waals surface area contributed by atoms with Crippen LogP contribution < -0.4 is 16.6 Å². The Bertz CT molecular complexity index is 1120. The Kier molecular flexibility index (Phi) is 4.71. The van der Waals surface area contributed by atoms with Gasteiger partial charge in [-0.15, -0.1) is 10.2 Å². The number of amides is 1. The van der Waals surface area contributed by atoms with E-state index in [2.05, 4.69) is 20.5 Å². The molecule has 0 radical (unpaired) electrons. The monoisotopic (exact) mass is 395 g/mol. The van der Waals surface area contributed by atoms with E-state index in [1.165, 1.54) is 34.7 Å². The van der Waals surface area contributed by atoms with E-state index in [-0.39, 0.29) is 11.8 Å². The maximum atomic E-state index is 12.4. The summed E-state index contributed by atoms with van der Waals surface area (Å²) in [5.41, 5.74) is -0.213. The van der Waals surface area contributed by atoms with Crippen molar-refractivity contribution in [1.29, 1.82) is 0 Å². The first-order valence-corrected chi connectivity index (χ1v) is 9.28. The van der Waals surface area contributed by atoms with Gasteiger partial charge in [0.15, 0.2) is 20.7 Å². The molecule has 3 aromatic heterocycles. The molecule has 0 atom stereocenters. The van der Waals surface area contributed by atoms with Crippen molar-refractivity contribution in [2.75, 3.05) is 5.32 Å². The summed E-state index contributed by atoms with van der Waals surface area (Å²) < 4.78 is 4.55. The molecule has 0 spiro atoms. The lowest BCUT2D eigenvalue weighted by atomic mass is 10.2. The van der Waals surface area contributed by atoms with Crippen LogP contribution in [0.15, 0.2) is 19.1 Å². The average molecular weight is 395 g/mol. The zero-order chi connectivity index (χ0) is 19.2. The van der Waals surface area contributed by atoms with Crippen molar-refractivity contribution in [2.45, 2.75) is 23.3 Å². The van der Waals surface area contributed by atoms with Crippen LogP contribution in [0, 0.1) is 5.92 Å². The van der Waals surface area contributed by atoms with Gasteiger partial charge in [-0.1, -0.05) is 25.2 Å². The molecule has 0 unspecified atom stereocenters. The highest BCUT2D eigenvalue weighted by atomic mass is 32.2. The van der Waals surface area contributed by atoms with Crippen molar-refractivity contribution >= 4 is 45.3 Å². The Morgan fingerprint density at radius 1 is 1.12 bits per heavy atom. The Morgan fingerprint density at radius 3 is 2.46 bits per heavy atom. The average Bonchev–Trinajstić information content (AvgIpc) is 3.16. The first-order valence-electron chi connectivity index (χ1n) is 7.65. The van der Waals surface area contributed by atoms with Gasteiger partial charge in [0.1, 0.15) is 0 Å². The molecular weight excluding hydrogens is 378 g/mol. The van der Waals surface area contributed by atoms with Crippen LogP contribution in [0.2, 0.25) is 0 Å². The lowest BCUT2D eigenvalue weighted by Gasteiger charge is -2.03. The second-order valence-electron chi connectivity index (χ2n) is 5.95. The quantitative estimate of drug-likeness (QED) is 0.642. The van der Waals surface area contributed by atoms with Gasteiger partial charge in [-0.25, -0.2) is 9.78 Å². The summed E-state index contributed by atoms with van der Waals surface area (Å²) in [6, 6.07) is 0. The van der Waals surface area contributed by atoms with Gasteiger partial charge in [-0.3, -0.25) is 18.7 Å². The third-order valence-corrected chi connectivity index (χ3v) is 5.71. The molecule has 0 bridgehead atoms. The summed E-state index contributed by atoms with van der Waals surface area (Å²) in [5.74, 6) is -0.300. The Hall–Kier alpha value is -2.47. The number of hydrogen-bond donors (Lipinski definition) is 1. The largest absolute Gasteiger partial charge is 0.332 e. The topological polar surface area (TPSA) is 117 Å². The molecule has 10 nitrogen and oxygen atoms in total. The lowest BCUT2D eigenvalue weighted by Crippen LogP contribution is -2.37. The summed E-state index contributed by atoms with van der Waals surface area (Å²) in [5, 5.41) is 11.5. The molecule has 0 aliphatic heterocycles. The summed E-state index contributed by atoms with van der Waals surface area (Å²) in [7, 11) is 4.69. The van der Waals surface area contributed by atoms with Crippen LogP contribution >= 0.6 is 23.1 Å². The van der Waals surface area contributed by atoms with Crippen molar-refractivity contribution in [3.05, 3.63) is 20.8 Å². The van der Waals surface area contributed by atoms with Crippen LogP contribution in [0.1, 0.15) is 13.8 Å². The third kappa shape index (κ3) is 3.05. The van der Waals surface area contributed by atoms with Crippen LogP contribution in [0.3, 0.4) is 0 Å².